The second-order valence-electron chi connectivity index (χ2n) is 3.28. The fourth-order valence-electron chi connectivity index (χ4n) is 1.43. The summed E-state index contributed by atoms with van der Waals surface area (Å²) in [7, 11) is 0. The molecule has 0 saturated carbocycles. The second kappa shape index (κ2) is 3.97. The number of likely N-dealkylation sites (tertiary alicyclic amines) is 1. The summed E-state index contributed by atoms with van der Waals surface area (Å²) in [4.78, 5) is 1.70. The summed E-state index contributed by atoms with van der Waals surface area (Å²) in [5.41, 5.74) is 0. The van der Waals surface area contributed by atoms with Crippen molar-refractivity contribution in [1.29, 1.82) is 5.26 Å². The minimum absolute atomic E-state index is 0.0294. The van der Waals surface area contributed by atoms with Crippen LogP contribution in [0.2, 0.25) is 0 Å². The molecular formula is C8H11F3N2. The number of rotatable bonds is 2. The van der Waals surface area contributed by atoms with Crippen molar-refractivity contribution in [3.8, 4) is 6.07 Å². The Kier molecular flexibility index (Phi) is 3.15. The fourth-order valence-corrected chi connectivity index (χ4v) is 1.43. The van der Waals surface area contributed by atoms with Gasteiger partial charge in [0.05, 0.1) is 18.4 Å². The highest BCUT2D eigenvalue weighted by molar-refractivity contribution is 4.90. The van der Waals surface area contributed by atoms with E-state index in [4.69, 9.17) is 5.26 Å². The van der Waals surface area contributed by atoms with Gasteiger partial charge in [-0.3, -0.25) is 0 Å². The van der Waals surface area contributed by atoms with Crippen molar-refractivity contribution in [1.82, 2.24) is 4.90 Å². The van der Waals surface area contributed by atoms with Crippen molar-refractivity contribution in [2.75, 3.05) is 19.6 Å². The highest BCUT2D eigenvalue weighted by atomic mass is 19.4. The normalized spacial score (nSPS) is 24.6. The Bertz CT molecular complexity index is 206. The molecule has 0 radical (unpaired) electrons. The molecule has 1 fully saturated rings. The molecule has 1 aliphatic rings. The van der Waals surface area contributed by atoms with Crippen LogP contribution in [0.3, 0.4) is 0 Å². The second-order valence-corrected chi connectivity index (χ2v) is 3.28. The smallest absolute Gasteiger partial charge is 0.302 e. The molecule has 2 nitrogen and oxygen atoms in total. The van der Waals surface area contributed by atoms with Crippen LogP contribution in [0, 0.1) is 17.2 Å². The number of hydrogen-bond donors (Lipinski definition) is 0. The highest BCUT2D eigenvalue weighted by Crippen LogP contribution is 2.22. The predicted octanol–water partition coefficient (Wildman–Crippen LogP) is 1.78. The van der Waals surface area contributed by atoms with Gasteiger partial charge in [0, 0.05) is 13.1 Å². The Labute approximate surface area is 74.9 Å². The van der Waals surface area contributed by atoms with Gasteiger partial charge in [0.15, 0.2) is 0 Å². The zero-order valence-electron chi connectivity index (χ0n) is 7.14. The van der Waals surface area contributed by atoms with Crippen LogP contribution in [0.1, 0.15) is 12.8 Å². The molecule has 13 heavy (non-hydrogen) atoms. The molecule has 0 amide bonds. The Morgan fingerprint density at radius 1 is 1.46 bits per heavy atom. The van der Waals surface area contributed by atoms with Gasteiger partial charge < -0.3 is 4.90 Å². The van der Waals surface area contributed by atoms with Crippen LogP contribution in [0.25, 0.3) is 0 Å². The molecule has 0 aromatic carbocycles. The third-order valence-electron chi connectivity index (χ3n) is 2.17. The lowest BCUT2D eigenvalue weighted by Crippen LogP contribution is -2.26. The van der Waals surface area contributed by atoms with Crippen LogP contribution in [0.4, 0.5) is 13.2 Å². The van der Waals surface area contributed by atoms with Crippen LogP contribution in [-0.4, -0.2) is 30.7 Å². The lowest BCUT2D eigenvalue weighted by molar-refractivity contribution is -0.137. The van der Waals surface area contributed by atoms with E-state index in [0.717, 1.165) is 0 Å². The van der Waals surface area contributed by atoms with Gasteiger partial charge in [-0.15, -0.1) is 0 Å². The Morgan fingerprint density at radius 2 is 2.15 bits per heavy atom. The summed E-state index contributed by atoms with van der Waals surface area (Å²) in [5.74, 6) is -0.0757. The minimum atomic E-state index is -4.08. The lowest BCUT2D eigenvalue weighted by atomic mass is 10.1. The molecule has 0 bridgehead atoms. The van der Waals surface area contributed by atoms with Crippen molar-refractivity contribution < 1.29 is 13.2 Å². The third-order valence-corrected chi connectivity index (χ3v) is 2.17. The van der Waals surface area contributed by atoms with Gasteiger partial charge in [0.25, 0.3) is 0 Å². The van der Waals surface area contributed by atoms with Gasteiger partial charge in [-0.25, -0.2) is 0 Å². The minimum Gasteiger partial charge on any atom is -0.302 e. The quantitative estimate of drug-likeness (QED) is 0.666. The topological polar surface area (TPSA) is 27.0 Å². The first-order valence-corrected chi connectivity index (χ1v) is 4.20. The summed E-state index contributed by atoms with van der Waals surface area (Å²) in [6.07, 6.45) is -4.15. The van der Waals surface area contributed by atoms with Crippen LogP contribution >= 0.6 is 0 Å². The van der Waals surface area contributed by atoms with E-state index in [1.165, 1.54) is 0 Å². The molecule has 1 saturated heterocycles. The fraction of sp³-hybridized carbons (Fsp3) is 0.875. The molecule has 0 N–H and O–H groups in total. The molecule has 0 aliphatic carbocycles. The van der Waals surface area contributed by atoms with Crippen molar-refractivity contribution in [3.05, 3.63) is 0 Å². The molecular weight excluding hydrogens is 181 g/mol. The average Bonchev–Trinajstić information content (AvgIpc) is 2.47. The third kappa shape index (κ3) is 3.64. The van der Waals surface area contributed by atoms with Gasteiger partial charge in [-0.05, 0) is 13.0 Å². The molecule has 74 valence electrons. The maximum atomic E-state index is 11.8. The largest absolute Gasteiger partial charge is 0.390 e. The van der Waals surface area contributed by atoms with Gasteiger partial charge in [0.2, 0.25) is 0 Å². The SMILES string of the molecule is N#CC1CCN(CCC(F)(F)F)C1. The monoisotopic (exact) mass is 192 g/mol. The molecule has 1 unspecified atom stereocenters. The number of nitrogens with zero attached hydrogens (tertiary/aromatic N) is 2. The maximum Gasteiger partial charge on any atom is 0.390 e. The van der Waals surface area contributed by atoms with Crippen molar-refractivity contribution >= 4 is 0 Å². The summed E-state index contributed by atoms with van der Waals surface area (Å²) >= 11 is 0. The lowest BCUT2D eigenvalue weighted by Gasteiger charge is -2.15. The van der Waals surface area contributed by atoms with Crippen LogP contribution < -0.4 is 0 Å². The van der Waals surface area contributed by atoms with Crippen LogP contribution in [0.5, 0.6) is 0 Å². The van der Waals surface area contributed by atoms with E-state index in [1.54, 1.807) is 4.90 Å². The predicted molar refractivity (Wildman–Crippen MR) is 40.8 cm³/mol. The van der Waals surface area contributed by atoms with Crippen molar-refractivity contribution in [2.45, 2.75) is 19.0 Å². The Morgan fingerprint density at radius 3 is 2.62 bits per heavy atom. The highest BCUT2D eigenvalue weighted by Gasteiger charge is 2.30. The van der Waals surface area contributed by atoms with E-state index in [0.29, 0.717) is 19.5 Å². The summed E-state index contributed by atoms with van der Waals surface area (Å²) < 4.78 is 35.4. The molecule has 1 rings (SSSR count). The van der Waals surface area contributed by atoms with Crippen LogP contribution in [-0.2, 0) is 0 Å². The molecule has 1 aliphatic heterocycles. The first-order valence-electron chi connectivity index (χ1n) is 4.20. The molecule has 1 atom stereocenters. The summed E-state index contributed by atoms with van der Waals surface area (Å²) in [6.45, 7) is 1.14. The van der Waals surface area contributed by atoms with Crippen molar-refractivity contribution in [3.63, 3.8) is 0 Å². The van der Waals surface area contributed by atoms with E-state index >= 15 is 0 Å². The van der Waals surface area contributed by atoms with Gasteiger partial charge in [0.1, 0.15) is 0 Å². The molecule has 5 heteroatoms. The number of halogens is 3. The average molecular weight is 192 g/mol. The summed E-state index contributed by atoms with van der Waals surface area (Å²) in [6, 6.07) is 2.07. The zero-order chi connectivity index (χ0) is 9.90. The van der Waals surface area contributed by atoms with E-state index in [1.807, 2.05) is 0 Å². The Hall–Kier alpha value is -0.760. The van der Waals surface area contributed by atoms with Gasteiger partial charge >= 0.3 is 6.18 Å². The number of alkyl halides is 3. The molecule has 0 aromatic heterocycles. The van der Waals surface area contributed by atoms with E-state index < -0.39 is 12.6 Å². The molecule has 0 aromatic rings. The van der Waals surface area contributed by atoms with Gasteiger partial charge in [-0.1, -0.05) is 0 Å². The first kappa shape index (κ1) is 10.3. The van der Waals surface area contributed by atoms with Gasteiger partial charge in [-0.2, -0.15) is 18.4 Å². The number of nitriles is 1. The van der Waals surface area contributed by atoms with E-state index in [2.05, 4.69) is 6.07 Å². The standard InChI is InChI=1S/C8H11F3N2/c9-8(10,11)2-4-13-3-1-7(5-12)6-13/h7H,1-4,6H2. The maximum absolute atomic E-state index is 11.8. The Balaban J connectivity index is 2.22. The van der Waals surface area contributed by atoms with Crippen LogP contribution in [0.15, 0.2) is 0 Å². The zero-order valence-corrected chi connectivity index (χ0v) is 7.14. The van der Waals surface area contributed by atoms with E-state index in [-0.39, 0.29) is 12.5 Å². The summed E-state index contributed by atoms with van der Waals surface area (Å²) in [5, 5.41) is 8.51. The number of hydrogen-bond acceptors (Lipinski definition) is 2. The molecule has 1 heterocycles. The van der Waals surface area contributed by atoms with Crippen molar-refractivity contribution in [2.24, 2.45) is 5.92 Å². The van der Waals surface area contributed by atoms with E-state index in [9.17, 15) is 13.2 Å². The molecule has 0 spiro atoms. The first-order chi connectivity index (χ1) is 6.01.